The summed E-state index contributed by atoms with van der Waals surface area (Å²) in [7, 11) is 1.53. The SMILES string of the molecule is COc1cc(/C=N/NC(=O)COc2cccc(Br)c2)ccc1OCc1c(Cl)cccc1Cl. The second kappa shape index (κ2) is 11.8. The van der Waals surface area contributed by atoms with E-state index in [9.17, 15) is 4.79 Å². The van der Waals surface area contributed by atoms with Crippen LogP contribution in [-0.4, -0.2) is 25.8 Å². The molecule has 0 aromatic heterocycles. The fraction of sp³-hybridized carbons (Fsp3) is 0.130. The maximum atomic E-state index is 11.9. The third-order valence-corrected chi connectivity index (χ3v) is 5.39. The number of hydrazone groups is 1. The number of carbonyl (C=O) groups is 1. The number of methoxy groups -OCH3 is 1. The van der Waals surface area contributed by atoms with Crippen LogP contribution in [0.15, 0.2) is 70.2 Å². The lowest BCUT2D eigenvalue weighted by molar-refractivity contribution is -0.123. The monoisotopic (exact) mass is 536 g/mol. The summed E-state index contributed by atoms with van der Waals surface area (Å²) < 4.78 is 17.5. The number of halogens is 3. The lowest BCUT2D eigenvalue weighted by Gasteiger charge is -2.13. The molecule has 32 heavy (non-hydrogen) atoms. The Kier molecular flexibility index (Phi) is 8.79. The van der Waals surface area contributed by atoms with Gasteiger partial charge in [0.05, 0.1) is 13.3 Å². The van der Waals surface area contributed by atoms with E-state index in [1.54, 1.807) is 48.5 Å². The molecule has 3 rings (SSSR count). The molecule has 6 nitrogen and oxygen atoms in total. The van der Waals surface area contributed by atoms with Crippen LogP contribution < -0.4 is 19.6 Å². The zero-order valence-corrected chi connectivity index (χ0v) is 20.1. The van der Waals surface area contributed by atoms with Gasteiger partial charge in [-0.1, -0.05) is 51.3 Å². The van der Waals surface area contributed by atoms with E-state index < -0.39 is 0 Å². The molecule has 1 amide bonds. The van der Waals surface area contributed by atoms with Gasteiger partial charge in [-0.2, -0.15) is 5.10 Å². The Morgan fingerprint density at radius 3 is 2.50 bits per heavy atom. The average Bonchev–Trinajstić information content (AvgIpc) is 2.78. The molecule has 166 valence electrons. The van der Waals surface area contributed by atoms with E-state index in [0.29, 0.717) is 38.4 Å². The third-order valence-electron chi connectivity index (χ3n) is 4.19. The second-order valence-electron chi connectivity index (χ2n) is 6.44. The van der Waals surface area contributed by atoms with Crippen LogP contribution in [0.2, 0.25) is 10.0 Å². The van der Waals surface area contributed by atoms with Gasteiger partial charge in [0.2, 0.25) is 0 Å². The van der Waals surface area contributed by atoms with Gasteiger partial charge in [-0.3, -0.25) is 4.79 Å². The van der Waals surface area contributed by atoms with Gasteiger partial charge >= 0.3 is 0 Å². The van der Waals surface area contributed by atoms with Gasteiger partial charge < -0.3 is 14.2 Å². The first-order chi connectivity index (χ1) is 15.5. The molecule has 0 spiro atoms. The van der Waals surface area contributed by atoms with Gasteiger partial charge in [-0.05, 0) is 54.1 Å². The Morgan fingerprint density at radius 2 is 1.78 bits per heavy atom. The van der Waals surface area contributed by atoms with Gasteiger partial charge in [-0.15, -0.1) is 0 Å². The highest BCUT2D eigenvalue weighted by molar-refractivity contribution is 9.10. The lowest BCUT2D eigenvalue weighted by Crippen LogP contribution is -2.24. The first-order valence-electron chi connectivity index (χ1n) is 9.40. The summed E-state index contributed by atoms with van der Waals surface area (Å²) in [5, 5.41) is 5.00. The molecule has 0 unspecified atom stereocenters. The van der Waals surface area contributed by atoms with Crippen molar-refractivity contribution in [2.75, 3.05) is 13.7 Å². The topological polar surface area (TPSA) is 69.2 Å². The number of nitrogens with one attached hydrogen (secondary N) is 1. The molecule has 0 radical (unpaired) electrons. The fourth-order valence-electron chi connectivity index (χ4n) is 2.62. The van der Waals surface area contributed by atoms with Crippen LogP contribution in [0.4, 0.5) is 0 Å². The van der Waals surface area contributed by atoms with Gasteiger partial charge in [0, 0.05) is 20.1 Å². The molecule has 0 bridgehead atoms. The summed E-state index contributed by atoms with van der Waals surface area (Å²) in [5.74, 6) is 1.22. The number of benzene rings is 3. The lowest BCUT2D eigenvalue weighted by atomic mass is 10.2. The van der Waals surface area contributed by atoms with Gasteiger partial charge in [0.1, 0.15) is 12.4 Å². The Hall–Kier alpha value is -2.74. The van der Waals surface area contributed by atoms with Gasteiger partial charge in [0.15, 0.2) is 18.1 Å². The van der Waals surface area contributed by atoms with Crippen LogP contribution in [-0.2, 0) is 11.4 Å². The number of hydrogen-bond donors (Lipinski definition) is 1. The molecule has 3 aromatic rings. The quantitative estimate of drug-likeness (QED) is 0.273. The molecule has 0 atom stereocenters. The number of nitrogens with zero attached hydrogens (tertiary/aromatic N) is 1. The van der Waals surface area contributed by atoms with Crippen molar-refractivity contribution in [1.29, 1.82) is 0 Å². The predicted octanol–water partition coefficient (Wildman–Crippen LogP) is 5.87. The Bertz CT molecular complexity index is 1100. The van der Waals surface area contributed by atoms with Crippen molar-refractivity contribution in [3.8, 4) is 17.2 Å². The smallest absolute Gasteiger partial charge is 0.277 e. The van der Waals surface area contributed by atoms with Crippen molar-refractivity contribution in [1.82, 2.24) is 5.43 Å². The highest BCUT2D eigenvalue weighted by atomic mass is 79.9. The number of ether oxygens (including phenoxy) is 3. The molecular formula is C23H19BrCl2N2O4. The Morgan fingerprint density at radius 1 is 1.03 bits per heavy atom. The third kappa shape index (κ3) is 6.88. The summed E-state index contributed by atoms with van der Waals surface area (Å²) in [4.78, 5) is 11.9. The molecular weight excluding hydrogens is 519 g/mol. The molecule has 0 heterocycles. The van der Waals surface area contributed by atoms with Crippen LogP contribution in [0.25, 0.3) is 0 Å². The number of amides is 1. The van der Waals surface area contributed by atoms with Crippen LogP contribution in [0, 0.1) is 0 Å². The molecule has 9 heteroatoms. The highest BCUT2D eigenvalue weighted by Crippen LogP contribution is 2.31. The largest absolute Gasteiger partial charge is 0.493 e. The van der Waals surface area contributed by atoms with Crippen LogP contribution >= 0.6 is 39.1 Å². The standard InChI is InChI=1S/C23H19BrCl2N2O4/c1-30-22-10-15(8-9-21(22)32-13-18-19(25)6-3-7-20(18)26)12-27-28-23(29)14-31-17-5-2-4-16(24)11-17/h2-12H,13-14H2,1H3,(H,28,29)/b27-12+. The Labute approximate surface area is 204 Å². The molecule has 0 aliphatic carbocycles. The van der Waals surface area contributed by atoms with Crippen molar-refractivity contribution in [2.45, 2.75) is 6.61 Å². The van der Waals surface area contributed by atoms with Crippen molar-refractivity contribution in [3.63, 3.8) is 0 Å². The van der Waals surface area contributed by atoms with E-state index in [1.807, 2.05) is 12.1 Å². The number of rotatable bonds is 9. The summed E-state index contributed by atoms with van der Waals surface area (Å²) >= 11 is 15.7. The minimum Gasteiger partial charge on any atom is -0.493 e. The van der Waals surface area contributed by atoms with E-state index in [4.69, 9.17) is 37.4 Å². The minimum absolute atomic E-state index is 0.158. The summed E-state index contributed by atoms with van der Waals surface area (Å²) in [6, 6.07) is 17.7. The van der Waals surface area contributed by atoms with Crippen LogP contribution in [0.5, 0.6) is 17.2 Å². The van der Waals surface area contributed by atoms with Crippen LogP contribution in [0.1, 0.15) is 11.1 Å². The van der Waals surface area contributed by atoms with Crippen molar-refractivity contribution >= 4 is 51.3 Å². The normalized spacial score (nSPS) is 10.8. The summed E-state index contributed by atoms with van der Waals surface area (Å²) in [6.45, 7) is 0.0326. The molecule has 0 saturated carbocycles. The molecule has 3 aromatic carbocycles. The second-order valence-corrected chi connectivity index (χ2v) is 8.17. The first kappa shape index (κ1) is 23.9. The Balaban J connectivity index is 1.55. The zero-order valence-electron chi connectivity index (χ0n) is 17.0. The molecule has 1 N–H and O–H groups in total. The van der Waals surface area contributed by atoms with E-state index in [0.717, 1.165) is 4.47 Å². The molecule has 0 aliphatic rings. The zero-order chi connectivity index (χ0) is 22.9. The van der Waals surface area contributed by atoms with E-state index in [2.05, 4.69) is 26.5 Å². The molecule has 0 fully saturated rings. The van der Waals surface area contributed by atoms with Gasteiger partial charge in [0.25, 0.3) is 5.91 Å². The maximum Gasteiger partial charge on any atom is 0.277 e. The van der Waals surface area contributed by atoms with Crippen molar-refractivity contribution < 1.29 is 19.0 Å². The van der Waals surface area contributed by atoms with Gasteiger partial charge in [-0.25, -0.2) is 5.43 Å². The number of carbonyl (C=O) groups excluding carboxylic acids is 1. The average molecular weight is 538 g/mol. The molecule has 0 saturated heterocycles. The van der Waals surface area contributed by atoms with Crippen LogP contribution in [0.3, 0.4) is 0 Å². The predicted molar refractivity (Wildman–Crippen MR) is 129 cm³/mol. The minimum atomic E-state index is -0.384. The van der Waals surface area contributed by atoms with Crippen molar-refractivity contribution in [2.24, 2.45) is 5.10 Å². The van der Waals surface area contributed by atoms with E-state index >= 15 is 0 Å². The first-order valence-corrected chi connectivity index (χ1v) is 10.9. The summed E-state index contributed by atoms with van der Waals surface area (Å²) in [5.41, 5.74) is 3.82. The number of hydrogen-bond acceptors (Lipinski definition) is 5. The summed E-state index contributed by atoms with van der Waals surface area (Å²) in [6.07, 6.45) is 1.49. The van der Waals surface area contributed by atoms with Crippen molar-refractivity contribution in [3.05, 3.63) is 86.3 Å². The fourth-order valence-corrected chi connectivity index (χ4v) is 3.51. The van der Waals surface area contributed by atoms with E-state index in [-0.39, 0.29) is 19.1 Å². The maximum absolute atomic E-state index is 11.9. The highest BCUT2D eigenvalue weighted by Gasteiger charge is 2.10. The molecule has 0 aliphatic heterocycles. The van der Waals surface area contributed by atoms with E-state index in [1.165, 1.54) is 13.3 Å².